The van der Waals surface area contributed by atoms with Crippen LogP contribution >= 0.6 is 12.2 Å². The molecule has 0 unspecified atom stereocenters. The molecule has 3 heterocycles. The Morgan fingerprint density at radius 2 is 1.83 bits per heavy atom. The maximum atomic E-state index is 9.53. The van der Waals surface area contributed by atoms with Crippen molar-refractivity contribution in [2.45, 2.75) is 32.2 Å². The van der Waals surface area contributed by atoms with Crippen molar-refractivity contribution in [1.29, 1.82) is 0 Å². The smallest absolute Gasteiger partial charge is 0.199 e. The summed E-state index contributed by atoms with van der Waals surface area (Å²) >= 11 is 5.57. The Morgan fingerprint density at radius 3 is 2.46 bits per heavy atom. The Hall–Kier alpha value is -1.77. The van der Waals surface area contributed by atoms with E-state index in [2.05, 4.69) is 32.0 Å². The van der Waals surface area contributed by atoms with Crippen LogP contribution in [-0.4, -0.2) is 55.5 Å². The third kappa shape index (κ3) is 3.09. The zero-order chi connectivity index (χ0) is 16.5. The van der Waals surface area contributed by atoms with Crippen molar-refractivity contribution in [3.8, 4) is 0 Å². The molecule has 24 heavy (non-hydrogen) atoms. The SMILES string of the molecule is OCc1nn(CN2CCN(c3ccncc3)CC2)c(=S)n1C1CC1. The van der Waals surface area contributed by atoms with Gasteiger partial charge in [0.1, 0.15) is 6.61 Å². The maximum absolute atomic E-state index is 9.53. The van der Waals surface area contributed by atoms with Crippen LogP contribution in [0.1, 0.15) is 24.7 Å². The van der Waals surface area contributed by atoms with E-state index in [0.717, 1.165) is 43.8 Å². The summed E-state index contributed by atoms with van der Waals surface area (Å²) in [6.45, 7) is 4.53. The van der Waals surface area contributed by atoms with Gasteiger partial charge in [0.2, 0.25) is 0 Å². The Morgan fingerprint density at radius 1 is 1.12 bits per heavy atom. The highest BCUT2D eigenvalue weighted by Crippen LogP contribution is 2.36. The van der Waals surface area contributed by atoms with Crippen LogP contribution in [0.25, 0.3) is 0 Å². The second-order valence-corrected chi connectivity index (χ2v) is 6.77. The van der Waals surface area contributed by atoms with E-state index in [1.165, 1.54) is 5.69 Å². The van der Waals surface area contributed by atoms with Crippen molar-refractivity contribution in [2.24, 2.45) is 0 Å². The van der Waals surface area contributed by atoms with Gasteiger partial charge in [0.05, 0.1) is 6.67 Å². The van der Waals surface area contributed by atoms with Gasteiger partial charge in [0, 0.05) is 50.3 Å². The first kappa shape index (κ1) is 15.7. The summed E-state index contributed by atoms with van der Waals surface area (Å²) in [6.07, 6.45) is 5.94. The summed E-state index contributed by atoms with van der Waals surface area (Å²) in [5.74, 6) is 0.693. The topological polar surface area (TPSA) is 62.4 Å². The number of hydrogen-bond acceptors (Lipinski definition) is 6. The molecular weight excluding hydrogens is 324 g/mol. The van der Waals surface area contributed by atoms with E-state index >= 15 is 0 Å². The summed E-state index contributed by atoms with van der Waals surface area (Å²) in [7, 11) is 0. The molecule has 1 aliphatic carbocycles. The predicted molar refractivity (Wildman–Crippen MR) is 93.3 cm³/mol. The normalized spacial score (nSPS) is 19.0. The Balaban J connectivity index is 1.42. The first-order valence-electron chi connectivity index (χ1n) is 8.42. The van der Waals surface area contributed by atoms with Crippen molar-refractivity contribution < 1.29 is 5.11 Å². The van der Waals surface area contributed by atoms with Gasteiger partial charge >= 0.3 is 0 Å². The van der Waals surface area contributed by atoms with Crippen LogP contribution < -0.4 is 4.90 Å². The molecule has 1 N–H and O–H groups in total. The first-order valence-corrected chi connectivity index (χ1v) is 8.83. The van der Waals surface area contributed by atoms with Crippen LogP contribution in [0.4, 0.5) is 5.69 Å². The minimum atomic E-state index is -0.0526. The fourth-order valence-corrected chi connectivity index (χ4v) is 3.61. The monoisotopic (exact) mass is 346 g/mol. The molecule has 2 aromatic heterocycles. The van der Waals surface area contributed by atoms with E-state index in [1.54, 1.807) is 0 Å². The number of piperazine rings is 1. The number of hydrogen-bond donors (Lipinski definition) is 1. The molecule has 7 nitrogen and oxygen atoms in total. The molecule has 0 amide bonds. The molecule has 2 aromatic rings. The highest BCUT2D eigenvalue weighted by Gasteiger charge is 2.28. The molecule has 1 aliphatic heterocycles. The third-order valence-electron chi connectivity index (χ3n) is 4.73. The van der Waals surface area contributed by atoms with Gasteiger partial charge in [-0.15, -0.1) is 0 Å². The summed E-state index contributed by atoms with van der Waals surface area (Å²) in [4.78, 5) is 8.81. The van der Waals surface area contributed by atoms with Crippen LogP contribution in [0, 0.1) is 4.77 Å². The van der Waals surface area contributed by atoms with Crippen molar-refractivity contribution in [3.63, 3.8) is 0 Å². The molecule has 2 fully saturated rings. The van der Waals surface area contributed by atoms with Gasteiger partial charge in [0.25, 0.3) is 0 Å². The zero-order valence-corrected chi connectivity index (χ0v) is 14.4. The minimum Gasteiger partial charge on any atom is -0.388 e. The van der Waals surface area contributed by atoms with Gasteiger partial charge in [-0.05, 0) is 37.2 Å². The first-order chi connectivity index (χ1) is 11.8. The second kappa shape index (κ2) is 6.62. The molecule has 4 rings (SSSR count). The number of aliphatic hydroxyl groups is 1. The van der Waals surface area contributed by atoms with E-state index in [1.807, 2.05) is 21.6 Å². The van der Waals surface area contributed by atoms with Crippen LogP contribution in [0.5, 0.6) is 0 Å². The molecule has 2 aliphatic rings. The Kier molecular flexibility index (Phi) is 4.34. The van der Waals surface area contributed by atoms with E-state index in [-0.39, 0.29) is 6.61 Å². The molecule has 0 spiro atoms. The molecule has 128 valence electrons. The van der Waals surface area contributed by atoms with Crippen LogP contribution in [0.15, 0.2) is 24.5 Å². The molecule has 0 aromatic carbocycles. The molecule has 0 bridgehead atoms. The van der Waals surface area contributed by atoms with E-state index < -0.39 is 0 Å². The van der Waals surface area contributed by atoms with Crippen molar-refractivity contribution in [2.75, 3.05) is 31.1 Å². The molecule has 0 radical (unpaired) electrons. The number of aromatic nitrogens is 4. The summed E-state index contributed by atoms with van der Waals surface area (Å²) in [5, 5.41) is 14.1. The van der Waals surface area contributed by atoms with E-state index in [4.69, 9.17) is 12.2 Å². The van der Waals surface area contributed by atoms with Gasteiger partial charge in [-0.3, -0.25) is 14.5 Å². The molecule has 1 saturated heterocycles. The summed E-state index contributed by atoms with van der Waals surface area (Å²) in [6, 6.07) is 4.55. The lowest BCUT2D eigenvalue weighted by molar-refractivity contribution is 0.192. The zero-order valence-electron chi connectivity index (χ0n) is 13.6. The quantitative estimate of drug-likeness (QED) is 0.826. The second-order valence-electron chi connectivity index (χ2n) is 6.41. The Labute approximate surface area is 146 Å². The molecule has 0 atom stereocenters. The largest absolute Gasteiger partial charge is 0.388 e. The van der Waals surface area contributed by atoms with Crippen LogP contribution in [0.3, 0.4) is 0 Å². The van der Waals surface area contributed by atoms with Crippen LogP contribution in [0.2, 0.25) is 0 Å². The highest BCUT2D eigenvalue weighted by atomic mass is 32.1. The fraction of sp³-hybridized carbons (Fsp3) is 0.562. The van der Waals surface area contributed by atoms with Gasteiger partial charge in [0.15, 0.2) is 10.6 Å². The fourth-order valence-electron chi connectivity index (χ4n) is 3.26. The number of nitrogens with zero attached hydrogens (tertiary/aromatic N) is 6. The van der Waals surface area contributed by atoms with Gasteiger partial charge in [-0.2, -0.15) is 5.10 Å². The molecular formula is C16H22N6OS. The van der Waals surface area contributed by atoms with Gasteiger partial charge in [-0.1, -0.05) is 0 Å². The average Bonchev–Trinajstić information content (AvgIpc) is 3.41. The number of aliphatic hydroxyl groups excluding tert-OH is 1. The number of pyridine rings is 1. The summed E-state index contributed by atoms with van der Waals surface area (Å²) < 4.78 is 4.63. The van der Waals surface area contributed by atoms with E-state index in [9.17, 15) is 5.11 Å². The Bertz CT molecular complexity index is 746. The van der Waals surface area contributed by atoms with Crippen LogP contribution in [-0.2, 0) is 13.3 Å². The lowest BCUT2D eigenvalue weighted by Crippen LogP contribution is -2.47. The maximum Gasteiger partial charge on any atom is 0.199 e. The molecule has 8 heteroatoms. The lowest BCUT2D eigenvalue weighted by Gasteiger charge is -2.35. The van der Waals surface area contributed by atoms with Gasteiger partial charge in [-0.25, -0.2) is 4.68 Å². The van der Waals surface area contributed by atoms with E-state index in [0.29, 0.717) is 18.5 Å². The number of anilines is 1. The standard InChI is InChI=1S/C16H22N6OS/c23-11-15-18-21(16(24)22(15)14-1-2-14)12-19-7-9-20(10-8-19)13-3-5-17-6-4-13/h3-6,14,23H,1-2,7-12H2. The lowest BCUT2D eigenvalue weighted by atomic mass is 10.3. The van der Waals surface area contributed by atoms with Gasteiger partial charge < -0.3 is 10.0 Å². The summed E-state index contributed by atoms with van der Waals surface area (Å²) in [5.41, 5.74) is 1.22. The predicted octanol–water partition coefficient (Wildman–Crippen LogP) is 1.42. The molecule has 1 saturated carbocycles. The third-order valence-corrected chi connectivity index (χ3v) is 5.14. The van der Waals surface area contributed by atoms with Crippen molar-refractivity contribution >= 4 is 17.9 Å². The van der Waals surface area contributed by atoms with Crippen molar-refractivity contribution in [1.82, 2.24) is 24.2 Å². The minimum absolute atomic E-state index is 0.0526. The number of rotatable bonds is 5. The highest BCUT2D eigenvalue weighted by molar-refractivity contribution is 7.71. The average molecular weight is 346 g/mol. The van der Waals surface area contributed by atoms with Crippen molar-refractivity contribution in [3.05, 3.63) is 35.1 Å².